The molecule has 0 radical (unpaired) electrons. The molecule has 0 aromatic carbocycles. The van der Waals surface area contributed by atoms with Gasteiger partial charge < -0.3 is 10.2 Å². The Morgan fingerprint density at radius 1 is 1.17 bits per heavy atom. The second kappa shape index (κ2) is 6.55. The van der Waals surface area contributed by atoms with Crippen molar-refractivity contribution in [1.29, 1.82) is 0 Å². The Morgan fingerprint density at radius 3 is 2.22 bits per heavy atom. The summed E-state index contributed by atoms with van der Waals surface area (Å²) in [5.74, 6) is 1.86. The molecule has 1 aliphatic heterocycles. The van der Waals surface area contributed by atoms with E-state index < -0.39 is 0 Å². The lowest BCUT2D eigenvalue weighted by atomic mass is 9.93. The summed E-state index contributed by atoms with van der Waals surface area (Å²) in [5.41, 5.74) is 0. The van der Waals surface area contributed by atoms with Crippen LogP contribution in [-0.4, -0.2) is 36.0 Å². The Balaban J connectivity index is 2.74. The molecule has 0 aromatic rings. The summed E-state index contributed by atoms with van der Waals surface area (Å²) in [5, 5.41) is 3.59. The fourth-order valence-electron chi connectivity index (χ4n) is 2.59. The first-order valence-corrected chi connectivity index (χ1v) is 7.35. The second-order valence-electron chi connectivity index (χ2n) is 6.71. The minimum absolute atomic E-state index is 0.329. The van der Waals surface area contributed by atoms with Crippen LogP contribution in [0.3, 0.4) is 0 Å². The molecule has 1 saturated heterocycles. The molecule has 1 rings (SSSR count). The predicted molar refractivity (Wildman–Crippen MR) is 76.4 cm³/mol. The molecule has 2 atom stereocenters. The monoisotopic (exact) mass is 254 g/mol. The van der Waals surface area contributed by atoms with Crippen LogP contribution in [0, 0.1) is 17.8 Å². The zero-order valence-corrected chi connectivity index (χ0v) is 12.9. The molecule has 18 heavy (non-hydrogen) atoms. The largest absolute Gasteiger partial charge is 0.337 e. The van der Waals surface area contributed by atoms with Crippen molar-refractivity contribution in [1.82, 2.24) is 10.2 Å². The van der Waals surface area contributed by atoms with Crippen molar-refractivity contribution in [3.63, 3.8) is 0 Å². The van der Waals surface area contributed by atoms with Gasteiger partial charge in [0.05, 0.1) is 0 Å². The standard InChI is InChI=1S/C15H30N2O/c1-10(2)7-15(18)17-9-13(11(3)4)16-8-14(17)12(5)6/h10-14,16H,7-9H2,1-6H3. The molecule has 2 unspecified atom stereocenters. The van der Waals surface area contributed by atoms with Gasteiger partial charge in [-0.3, -0.25) is 4.79 Å². The first kappa shape index (κ1) is 15.5. The van der Waals surface area contributed by atoms with Crippen LogP contribution in [0.1, 0.15) is 48.0 Å². The average Bonchev–Trinajstić information content (AvgIpc) is 2.26. The van der Waals surface area contributed by atoms with E-state index in [2.05, 4.69) is 51.8 Å². The van der Waals surface area contributed by atoms with Gasteiger partial charge in [0, 0.05) is 31.6 Å². The van der Waals surface area contributed by atoms with Crippen molar-refractivity contribution in [2.24, 2.45) is 17.8 Å². The summed E-state index contributed by atoms with van der Waals surface area (Å²) in [4.78, 5) is 14.5. The lowest BCUT2D eigenvalue weighted by Gasteiger charge is -2.44. The van der Waals surface area contributed by atoms with Crippen molar-refractivity contribution in [2.45, 2.75) is 60.0 Å². The van der Waals surface area contributed by atoms with Crippen LogP contribution in [0.4, 0.5) is 0 Å². The molecule has 0 spiro atoms. The molecule has 1 N–H and O–H groups in total. The van der Waals surface area contributed by atoms with Crippen molar-refractivity contribution in [3.05, 3.63) is 0 Å². The molecule has 0 aromatic heterocycles. The van der Waals surface area contributed by atoms with Gasteiger partial charge in [0.15, 0.2) is 0 Å². The third kappa shape index (κ3) is 3.98. The van der Waals surface area contributed by atoms with Crippen molar-refractivity contribution < 1.29 is 4.79 Å². The van der Waals surface area contributed by atoms with Gasteiger partial charge in [-0.05, 0) is 17.8 Å². The number of amides is 1. The molecule has 0 aliphatic carbocycles. The maximum absolute atomic E-state index is 12.4. The summed E-state index contributed by atoms with van der Waals surface area (Å²) >= 11 is 0. The Morgan fingerprint density at radius 2 is 1.78 bits per heavy atom. The Bertz CT molecular complexity index is 274. The molecule has 3 heteroatoms. The van der Waals surface area contributed by atoms with E-state index in [1.807, 2.05) is 0 Å². The summed E-state index contributed by atoms with van der Waals surface area (Å²) < 4.78 is 0. The molecule has 0 saturated carbocycles. The van der Waals surface area contributed by atoms with E-state index in [9.17, 15) is 4.79 Å². The van der Waals surface area contributed by atoms with Gasteiger partial charge in [-0.2, -0.15) is 0 Å². The highest BCUT2D eigenvalue weighted by molar-refractivity contribution is 5.77. The van der Waals surface area contributed by atoms with Gasteiger partial charge in [-0.25, -0.2) is 0 Å². The molecule has 1 fully saturated rings. The highest BCUT2D eigenvalue weighted by Gasteiger charge is 2.33. The Hall–Kier alpha value is -0.570. The molecule has 0 bridgehead atoms. The number of hydrogen-bond donors (Lipinski definition) is 1. The van der Waals surface area contributed by atoms with E-state index in [0.29, 0.717) is 42.2 Å². The van der Waals surface area contributed by atoms with Crippen LogP contribution in [0.2, 0.25) is 0 Å². The number of nitrogens with one attached hydrogen (secondary N) is 1. The maximum Gasteiger partial charge on any atom is 0.223 e. The van der Waals surface area contributed by atoms with Gasteiger partial charge >= 0.3 is 0 Å². The normalized spacial score (nSPS) is 25.3. The third-order valence-corrected chi connectivity index (χ3v) is 3.86. The maximum atomic E-state index is 12.4. The third-order valence-electron chi connectivity index (χ3n) is 3.86. The van der Waals surface area contributed by atoms with E-state index in [0.717, 1.165) is 13.1 Å². The van der Waals surface area contributed by atoms with Gasteiger partial charge in [0.2, 0.25) is 5.91 Å². The van der Waals surface area contributed by atoms with Crippen LogP contribution >= 0.6 is 0 Å². The Kier molecular flexibility index (Phi) is 5.64. The highest BCUT2D eigenvalue weighted by Crippen LogP contribution is 2.20. The van der Waals surface area contributed by atoms with Gasteiger partial charge in [-0.15, -0.1) is 0 Å². The smallest absolute Gasteiger partial charge is 0.223 e. The Labute approximate surface area is 112 Å². The fourth-order valence-corrected chi connectivity index (χ4v) is 2.59. The van der Waals surface area contributed by atoms with E-state index in [4.69, 9.17) is 0 Å². The lowest BCUT2D eigenvalue weighted by Crippen LogP contribution is -2.61. The van der Waals surface area contributed by atoms with Crippen LogP contribution in [0.15, 0.2) is 0 Å². The quantitative estimate of drug-likeness (QED) is 0.836. The molecule has 1 aliphatic rings. The average molecular weight is 254 g/mol. The topological polar surface area (TPSA) is 32.3 Å². The molecular formula is C15H30N2O. The first-order valence-electron chi connectivity index (χ1n) is 7.35. The summed E-state index contributed by atoms with van der Waals surface area (Å²) in [6, 6.07) is 0.794. The minimum Gasteiger partial charge on any atom is -0.337 e. The summed E-state index contributed by atoms with van der Waals surface area (Å²) in [6.07, 6.45) is 0.675. The fraction of sp³-hybridized carbons (Fsp3) is 0.933. The molecule has 1 heterocycles. The van der Waals surface area contributed by atoms with Crippen LogP contribution in [0.25, 0.3) is 0 Å². The number of hydrogen-bond acceptors (Lipinski definition) is 2. The predicted octanol–water partition coefficient (Wildman–Crippen LogP) is 2.51. The minimum atomic E-state index is 0.329. The van der Waals surface area contributed by atoms with Crippen LogP contribution in [-0.2, 0) is 4.79 Å². The number of rotatable bonds is 4. The zero-order valence-electron chi connectivity index (χ0n) is 12.9. The lowest BCUT2D eigenvalue weighted by molar-refractivity contribution is -0.137. The van der Waals surface area contributed by atoms with Crippen molar-refractivity contribution in [2.75, 3.05) is 13.1 Å². The van der Waals surface area contributed by atoms with Crippen molar-refractivity contribution in [3.8, 4) is 0 Å². The van der Waals surface area contributed by atoms with E-state index >= 15 is 0 Å². The number of carbonyl (C=O) groups is 1. The van der Waals surface area contributed by atoms with E-state index in [1.54, 1.807) is 0 Å². The van der Waals surface area contributed by atoms with E-state index in [1.165, 1.54) is 0 Å². The second-order valence-corrected chi connectivity index (χ2v) is 6.71. The number of carbonyl (C=O) groups excluding carboxylic acids is 1. The first-order chi connectivity index (χ1) is 8.32. The molecule has 106 valence electrons. The van der Waals surface area contributed by atoms with Crippen LogP contribution < -0.4 is 5.32 Å². The molecule has 3 nitrogen and oxygen atoms in total. The molecular weight excluding hydrogens is 224 g/mol. The number of nitrogens with zero attached hydrogens (tertiary/aromatic N) is 1. The SMILES string of the molecule is CC(C)CC(=O)N1CC(C(C)C)NCC1C(C)C. The van der Waals surface area contributed by atoms with Gasteiger partial charge in [0.25, 0.3) is 0 Å². The van der Waals surface area contributed by atoms with E-state index in [-0.39, 0.29) is 0 Å². The molecule has 1 amide bonds. The van der Waals surface area contributed by atoms with Crippen LogP contribution in [0.5, 0.6) is 0 Å². The highest BCUT2D eigenvalue weighted by atomic mass is 16.2. The van der Waals surface area contributed by atoms with Gasteiger partial charge in [-0.1, -0.05) is 41.5 Å². The summed E-state index contributed by atoms with van der Waals surface area (Å²) in [6.45, 7) is 14.9. The van der Waals surface area contributed by atoms with Gasteiger partial charge in [0.1, 0.15) is 0 Å². The summed E-state index contributed by atoms with van der Waals surface area (Å²) in [7, 11) is 0. The van der Waals surface area contributed by atoms with Crippen molar-refractivity contribution >= 4 is 5.91 Å². The number of piperazine rings is 1. The zero-order chi connectivity index (χ0) is 13.9.